The number of sulfonamides is 1. The zero-order chi connectivity index (χ0) is 21.1. The quantitative estimate of drug-likeness (QED) is 0.686. The molecule has 0 aromatic heterocycles. The van der Waals surface area contributed by atoms with Gasteiger partial charge in [0.05, 0.1) is 5.02 Å². The second kappa shape index (κ2) is 9.33. The third-order valence-corrected chi connectivity index (χ3v) is 8.82. The van der Waals surface area contributed by atoms with Gasteiger partial charge in [0.25, 0.3) is 5.91 Å². The first-order valence-electron chi connectivity index (χ1n) is 10.5. The normalized spacial score (nSPS) is 20.6. The Morgan fingerprint density at radius 1 is 1.10 bits per heavy atom. The molecule has 3 rings (SSSR count). The molecule has 2 fully saturated rings. The first-order chi connectivity index (χ1) is 13.8. The van der Waals surface area contributed by atoms with Crippen molar-refractivity contribution in [2.24, 2.45) is 0 Å². The molecule has 2 aliphatic rings. The summed E-state index contributed by atoms with van der Waals surface area (Å²) in [6.45, 7) is 1.55. The maximum absolute atomic E-state index is 12.9. The molecule has 0 bridgehead atoms. The monoisotopic (exact) mass is 441 g/mol. The first-order valence-corrected chi connectivity index (χ1v) is 12.3. The second-order valence-corrected chi connectivity index (χ2v) is 10.8. The zero-order valence-corrected chi connectivity index (χ0v) is 19.0. The third kappa shape index (κ3) is 4.95. The van der Waals surface area contributed by atoms with Gasteiger partial charge in [-0.25, -0.2) is 8.42 Å². The Balaban J connectivity index is 1.77. The van der Waals surface area contributed by atoms with Gasteiger partial charge in [0.1, 0.15) is 4.90 Å². The smallest absolute Gasteiger partial charge is 0.251 e. The predicted octanol–water partition coefficient (Wildman–Crippen LogP) is 3.51. The van der Waals surface area contributed by atoms with Gasteiger partial charge in [0, 0.05) is 30.7 Å². The Hall–Kier alpha value is -1.15. The van der Waals surface area contributed by atoms with Crippen LogP contribution in [0, 0.1) is 0 Å². The molecular weight excluding hydrogens is 410 g/mol. The van der Waals surface area contributed by atoms with E-state index in [9.17, 15) is 13.2 Å². The van der Waals surface area contributed by atoms with Gasteiger partial charge in [0.15, 0.2) is 0 Å². The van der Waals surface area contributed by atoms with Crippen LogP contribution in [0.1, 0.15) is 61.7 Å². The maximum atomic E-state index is 12.9. The van der Waals surface area contributed by atoms with Crippen LogP contribution in [0.2, 0.25) is 5.02 Å². The summed E-state index contributed by atoms with van der Waals surface area (Å²) in [5.74, 6) is -0.259. The Kier molecular flexibility index (Phi) is 7.25. The van der Waals surface area contributed by atoms with E-state index in [1.807, 2.05) is 0 Å². The highest BCUT2D eigenvalue weighted by Gasteiger charge is 2.34. The molecule has 29 heavy (non-hydrogen) atoms. The van der Waals surface area contributed by atoms with Gasteiger partial charge >= 0.3 is 0 Å². The van der Waals surface area contributed by atoms with Gasteiger partial charge in [-0.15, -0.1) is 0 Å². The van der Waals surface area contributed by atoms with Crippen molar-refractivity contribution in [1.82, 2.24) is 14.5 Å². The van der Waals surface area contributed by atoms with Gasteiger partial charge in [0.2, 0.25) is 10.0 Å². The fourth-order valence-electron chi connectivity index (χ4n) is 4.43. The summed E-state index contributed by atoms with van der Waals surface area (Å²) in [5, 5.41) is 3.21. The van der Waals surface area contributed by atoms with Crippen LogP contribution in [0.25, 0.3) is 0 Å². The Morgan fingerprint density at radius 3 is 2.31 bits per heavy atom. The van der Waals surface area contributed by atoms with Crippen LogP contribution in [-0.4, -0.2) is 62.8 Å². The highest BCUT2D eigenvalue weighted by molar-refractivity contribution is 7.89. The first kappa shape index (κ1) is 22.5. The lowest BCUT2D eigenvalue weighted by atomic mass is 9.88. The summed E-state index contributed by atoms with van der Waals surface area (Å²) >= 11 is 6.20. The molecule has 1 N–H and O–H groups in total. The summed E-state index contributed by atoms with van der Waals surface area (Å²) in [7, 11) is 0.462. The van der Waals surface area contributed by atoms with E-state index in [1.54, 1.807) is 6.07 Å². The Morgan fingerprint density at radius 2 is 1.72 bits per heavy atom. The van der Waals surface area contributed by atoms with E-state index in [2.05, 4.69) is 24.3 Å². The van der Waals surface area contributed by atoms with Crippen LogP contribution in [0.5, 0.6) is 0 Å². The number of rotatable bonds is 6. The van der Waals surface area contributed by atoms with Crippen molar-refractivity contribution in [3.63, 3.8) is 0 Å². The average molecular weight is 442 g/mol. The summed E-state index contributed by atoms with van der Waals surface area (Å²) in [4.78, 5) is 15.1. The molecule has 1 aliphatic carbocycles. The van der Waals surface area contributed by atoms with Crippen LogP contribution in [0.15, 0.2) is 23.1 Å². The lowest BCUT2D eigenvalue weighted by Gasteiger charge is -2.39. The summed E-state index contributed by atoms with van der Waals surface area (Å²) in [6, 6.07) is 4.52. The molecule has 0 atom stereocenters. The summed E-state index contributed by atoms with van der Waals surface area (Å²) < 4.78 is 27.3. The van der Waals surface area contributed by atoms with Crippen LogP contribution >= 0.6 is 11.6 Å². The number of hydrogen-bond donors (Lipinski definition) is 1. The molecule has 162 valence electrons. The molecule has 0 unspecified atom stereocenters. The minimum atomic E-state index is -3.68. The van der Waals surface area contributed by atoms with Crippen molar-refractivity contribution in [1.29, 1.82) is 0 Å². The highest BCUT2D eigenvalue weighted by atomic mass is 35.5. The number of likely N-dealkylation sites (N-methyl/N-ethyl adjacent to an activating group) is 1. The van der Waals surface area contributed by atoms with E-state index in [1.165, 1.54) is 29.3 Å². The highest BCUT2D eigenvalue weighted by Crippen LogP contribution is 2.31. The topological polar surface area (TPSA) is 69.7 Å². The maximum Gasteiger partial charge on any atom is 0.251 e. The largest absolute Gasteiger partial charge is 0.350 e. The Labute approximate surface area is 179 Å². The van der Waals surface area contributed by atoms with Crippen molar-refractivity contribution in [3.05, 3.63) is 28.8 Å². The van der Waals surface area contributed by atoms with Gasteiger partial charge in [-0.3, -0.25) is 4.79 Å². The van der Waals surface area contributed by atoms with E-state index in [4.69, 9.17) is 11.6 Å². The minimum absolute atomic E-state index is 0.0190. The molecule has 8 heteroatoms. The predicted molar refractivity (Wildman–Crippen MR) is 116 cm³/mol. The lowest BCUT2D eigenvalue weighted by molar-refractivity contribution is 0.0869. The molecule has 1 heterocycles. The van der Waals surface area contributed by atoms with Crippen LogP contribution in [0.3, 0.4) is 0 Å². The van der Waals surface area contributed by atoms with E-state index in [0.717, 1.165) is 38.5 Å². The molecule has 0 radical (unpaired) electrons. The van der Waals surface area contributed by atoms with Crippen molar-refractivity contribution in [2.45, 2.75) is 61.8 Å². The fourth-order valence-corrected chi connectivity index (χ4v) is 6.44. The average Bonchev–Trinajstić information content (AvgIpc) is 3.13. The molecule has 0 spiro atoms. The minimum Gasteiger partial charge on any atom is -0.350 e. The van der Waals surface area contributed by atoms with Crippen molar-refractivity contribution >= 4 is 27.5 Å². The number of benzene rings is 1. The van der Waals surface area contributed by atoms with Crippen LogP contribution < -0.4 is 5.32 Å². The van der Waals surface area contributed by atoms with Crippen molar-refractivity contribution in [3.8, 4) is 0 Å². The molecule has 1 amide bonds. The Bertz CT molecular complexity index is 828. The number of nitrogens with one attached hydrogen (secondary N) is 1. The lowest BCUT2D eigenvalue weighted by Crippen LogP contribution is -2.52. The van der Waals surface area contributed by atoms with Crippen LogP contribution in [-0.2, 0) is 10.0 Å². The van der Waals surface area contributed by atoms with E-state index >= 15 is 0 Å². The molecule has 1 aliphatic heterocycles. The fraction of sp³-hybridized carbons (Fsp3) is 0.667. The van der Waals surface area contributed by atoms with Crippen LogP contribution in [0.4, 0.5) is 0 Å². The standard InChI is InChI=1S/C21H32ClN3O3S/c1-24(2)21(11-5-3-4-6-12-21)16-23-20(26)17-9-10-18(22)19(15-17)29(27,28)25-13-7-8-14-25/h9-10,15H,3-8,11-14,16H2,1-2H3,(H,23,26). The zero-order valence-electron chi connectivity index (χ0n) is 17.4. The second-order valence-electron chi connectivity index (χ2n) is 8.47. The summed E-state index contributed by atoms with van der Waals surface area (Å²) in [6.07, 6.45) is 8.59. The number of hydrogen-bond acceptors (Lipinski definition) is 4. The van der Waals surface area contributed by atoms with Crippen molar-refractivity contribution < 1.29 is 13.2 Å². The van der Waals surface area contributed by atoms with Gasteiger partial charge in [-0.2, -0.15) is 4.31 Å². The SMILES string of the molecule is CN(C)C1(CNC(=O)c2ccc(Cl)c(S(=O)(=O)N3CCCC3)c2)CCCCCC1. The molecule has 1 aromatic rings. The molecule has 1 saturated carbocycles. The van der Waals surface area contributed by atoms with E-state index < -0.39 is 10.0 Å². The van der Waals surface area contributed by atoms with Gasteiger partial charge < -0.3 is 10.2 Å². The number of amides is 1. The molecular formula is C21H32ClN3O3S. The van der Waals surface area contributed by atoms with Crippen molar-refractivity contribution in [2.75, 3.05) is 33.7 Å². The third-order valence-electron chi connectivity index (χ3n) is 6.44. The summed E-state index contributed by atoms with van der Waals surface area (Å²) in [5.41, 5.74) is 0.276. The molecule has 1 saturated heterocycles. The number of carbonyl (C=O) groups excluding carboxylic acids is 1. The number of carbonyl (C=O) groups is 1. The molecule has 1 aromatic carbocycles. The molecule has 6 nitrogen and oxygen atoms in total. The van der Waals surface area contributed by atoms with E-state index in [0.29, 0.717) is 25.2 Å². The number of nitrogens with zero attached hydrogens (tertiary/aromatic N) is 2. The number of halogens is 1. The van der Waals surface area contributed by atoms with Gasteiger partial charge in [-0.05, 0) is 58.0 Å². The van der Waals surface area contributed by atoms with Gasteiger partial charge in [-0.1, -0.05) is 37.3 Å². The van der Waals surface area contributed by atoms with E-state index in [-0.39, 0.29) is 21.4 Å².